The van der Waals surface area contributed by atoms with Crippen molar-refractivity contribution in [3.63, 3.8) is 0 Å². The quantitative estimate of drug-likeness (QED) is 0.910. The van der Waals surface area contributed by atoms with Crippen molar-refractivity contribution < 1.29 is 9.32 Å². The van der Waals surface area contributed by atoms with E-state index in [0.29, 0.717) is 11.5 Å². The van der Waals surface area contributed by atoms with Crippen molar-refractivity contribution in [2.45, 2.75) is 38.3 Å². The maximum atomic E-state index is 12.2. The molecule has 5 nitrogen and oxygen atoms in total. The van der Waals surface area contributed by atoms with E-state index in [1.807, 2.05) is 38.1 Å². The summed E-state index contributed by atoms with van der Waals surface area (Å²) < 4.78 is 5.16. The Morgan fingerprint density at radius 1 is 1.41 bits per heavy atom. The molecule has 0 saturated heterocycles. The van der Waals surface area contributed by atoms with Gasteiger partial charge < -0.3 is 15.6 Å². The van der Waals surface area contributed by atoms with Gasteiger partial charge in [0, 0.05) is 12.0 Å². The molecule has 118 valence electrons. The molecular weight excluding hydrogens is 302 g/mol. The number of nitrogens with two attached hydrogens (primary N) is 1. The smallest absolute Gasteiger partial charge is 0.273 e. The maximum absolute atomic E-state index is 12.2. The number of amides is 1. The number of nitrogens with one attached hydrogen (secondary N) is 1. The molecule has 2 aromatic rings. The van der Waals surface area contributed by atoms with E-state index in [-0.39, 0.29) is 36.3 Å². The van der Waals surface area contributed by atoms with Gasteiger partial charge in [0.2, 0.25) is 0 Å². The molecule has 0 saturated carbocycles. The fourth-order valence-electron chi connectivity index (χ4n) is 2.68. The highest BCUT2D eigenvalue weighted by Crippen LogP contribution is 2.29. The number of carbonyl (C=O) groups is 1. The van der Waals surface area contributed by atoms with E-state index < -0.39 is 0 Å². The van der Waals surface area contributed by atoms with Gasteiger partial charge in [-0.15, -0.1) is 12.4 Å². The molecule has 1 amide bonds. The van der Waals surface area contributed by atoms with Crippen molar-refractivity contribution >= 4 is 18.3 Å². The Morgan fingerprint density at radius 3 is 2.77 bits per heavy atom. The topological polar surface area (TPSA) is 81.2 Å². The molecule has 6 heteroatoms. The SMILES string of the molecule is CC(C)c1cc(C(=O)N[C@H]2Cc3ccccc3[C@@H]2N)no1.Cl. The zero-order valence-corrected chi connectivity index (χ0v) is 13.4. The molecule has 1 aliphatic rings. The molecule has 1 heterocycles. The van der Waals surface area contributed by atoms with Crippen LogP contribution in [0.3, 0.4) is 0 Å². The van der Waals surface area contributed by atoms with Gasteiger partial charge in [-0.05, 0) is 17.5 Å². The van der Waals surface area contributed by atoms with E-state index in [1.54, 1.807) is 6.07 Å². The van der Waals surface area contributed by atoms with E-state index in [0.717, 1.165) is 12.0 Å². The van der Waals surface area contributed by atoms with E-state index in [9.17, 15) is 4.79 Å². The van der Waals surface area contributed by atoms with Gasteiger partial charge in [-0.25, -0.2) is 0 Å². The van der Waals surface area contributed by atoms with Crippen LogP contribution < -0.4 is 11.1 Å². The van der Waals surface area contributed by atoms with Crippen LogP contribution >= 0.6 is 12.4 Å². The Kier molecular flexibility index (Phi) is 4.88. The number of fused-ring (bicyclic) bond motifs is 1. The van der Waals surface area contributed by atoms with Crippen molar-refractivity contribution in [3.05, 3.63) is 52.9 Å². The minimum absolute atomic E-state index is 0. The van der Waals surface area contributed by atoms with Crippen molar-refractivity contribution in [1.82, 2.24) is 10.5 Å². The minimum Gasteiger partial charge on any atom is -0.360 e. The summed E-state index contributed by atoms with van der Waals surface area (Å²) in [7, 11) is 0. The van der Waals surface area contributed by atoms with Crippen LogP contribution in [0.4, 0.5) is 0 Å². The maximum Gasteiger partial charge on any atom is 0.273 e. The third kappa shape index (κ3) is 3.00. The lowest BCUT2D eigenvalue weighted by Gasteiger charge is -2.16. The van der Waals surface area contributed by atoms with Gasteiger partial charge >= 0.3 is 0 Å². The van der Waals surface area contributed by atoms with Crippen LogP contribution in [0, 0.1) is 0 Å². The van der Waals surface area contributed by atoms with E-state index in [4.69, 9.17) is 10.3 Å². The third-order valence-corrected chi connectivity index (χ3v) is 3.93. The normalized spacial score (nSPS) is 19.6. The van der Waals surface area contributed by atoms with Crippen LogP contribution in [0.15, 0.2) is 34.9 Å². The number of hydrogen-bond donors (Lipinski definition) is 2. The van der Waals surface area contributed by atoms with Gasteiger partial charge in [0.05, 0.1) is 12.1 Å². The van der Waals surface area contributed by atoms with Gasteiger partial charge in [0.25, 0.3) is 5.91 Å². The molecule has 0 aliphatic heterocycles. The number of halogens is 1. The highest BCUT2D eigenvalue weighted by Gasteiger charge is 2.31. The highest BCUT2D eigenvalue weighted by molar-refractivity contribution is 5.92. The van der Waals surface area contributed by atoms with Gasteiger partial charge in [-0.1, -0.05) is 43.3 Å². The molecule has 3 N–H and O–H groups in total. The lowest BCUT2D eigenvalue weighted by Crippen LogP contribution is -2.40. The summed E-state index contributed by atoms with van der Waals surface area (Å²) in [5.74, 6) is 0.676. The van der Waals surface area contributed by atoms with Crippen LogP contribution in [-0.4, -0.2) is 17.1 Å². The number of hydrogen-bond acceptors (Lipinski definition) is 4. The number of rotatable bonds is 3. The molecule has 0 bridgehead atoms. The summed E-state index contributed by atoms with van der Waals surface area (Å²) >= 11 is 0. The largest absolute Gasteiger partial charge is 0.360 e. The molecule has 0 spiro atoms. The van der Waals surface area contributed by atoms with E-state index in [1.165, 1.54) is 5.56 Å². The number of nitrogens with zero attached hydrogens (tertiary/aromatic N) is 1. The molecule has 0 unspecified atom stereocenters. The Hall–Kier alpha value is -1.85. The van der Waals surface area contributed by atoms with Crippen LogP contribution in [0.1, 0.15) is 53.2 Å². The fourth-order valence-corrected chi connectivity index (χ4v) is 2.68. The fraction of sp³-hybridized carbons (Fsp3) is 0.375. The second-order valence-electron chi connectivity index (χ2n) is 5.78. The predicted molar refractivity (Wildman–Crippen MR) is 86.2 cm³/mol. The van der Waals surface area contributed by atoms with E-state index >= 15 is 0 Å². The monoisotopic (exact) mass is 321 g/mol. The average molecular weight is 322 g/mol. The van der Waals surface area contributed by atoms with Crippen molar-refractivity contribution in [2.75, 3.05) is 0 Å². The molecule has 1 aliphatic carbocycles. The lowest BCUT2D eigenvalue weighted by atomic mass is 10.1. The van der Waals surface area contributed by atoms with Crippen molar-refractivity contribution in [3.8, 4) is 0 Å². The van der Waals surface area contributed by atoms with Crippen LogP contribution in [0.5, 0.6) is 0 Å². The molecule has 0 radical (unpaired) electrons. The first kappa shape index (κ1) is 16.5. The summed E-state index contributed by atoms with van der Waals surface area (Å²) in [5.41, 5.74) is 8.81. The Bertz CT molecular complexity index is 669. The van der Waals surface area contributed by atoms with Crippen LogP contribution in [0.25, 0.3) is 0 Å². The molecule has 2 atom stereocenters. The van der Waals surface area contributed by atoms with Gasteiger partial charge in [0.15, 0.2) is 5.69 Å². The van der Waals surface area contributed by atoms with Gasteiger partial charge in [-0.2, -0.15) is 0 Å². The second-order valence-corrected chi connectivity index (χ2v) is 5.78. The van der Waals surface area contributed by atoms with Crippen molar-refractivity contribution in [2.24, 2.45) is 5.73 Å². The summed E-state index contributed by atoms with van der Waals surface area (Å²) in [6, 6.07) is 9.43. The second kappa shape index (κ2) is 6.50. The third-order valence-electron chi connectivity index (χ3n) is 3.93. The molecular formula is C16H20ClN3O2. The highest BCUT2D eigenvalue weighted by atomic mass is 35.5. The first-order valence-electron chi connectivity index (χ1n) is 7.17. The van der Waals surface area contributed by atoms with E-state index in [2.05, 4.69) is 10.5 Å². The molecule has 3 rings (SSSR count). The Balaban J connectivity index is 0.00000176. The number of benzene rings is 1. The zero-order valence-electron chi connectivity index (χ0n) is 12.6. The van der Waals surface area contributed by atoms with Gasteiger partial charge in [-0.3, -0.25) is 4.79 Å². The van der Waals surface area contributed by atoms with Crippen LogP contribution in [-0.2, 0) is 6.42 Å². The zero-order chi connectivity index (χ0) is 15.0. The van der Waals surface area contributed by atoms with Crippen LogP contribution in [0.2, 0.25) is 0 Å². The standard InChI is InChI=1S/C16H19N3O2.ClH/c1-9(2)14-8-13(19-21-14)16(20)18-12-7-10-5-3-4-6-11(10)15(12)17;/h3-6,8-9,12,15H,7,17H2,1-2H3,(H,18,20);1H/t12-,15-;/m0./s1. The summed E-state index contributed by atoms with van der Waals surface area (Å²) in [4.78, 5) is 12.2. The lowest BCUT2D eigenvalue weighted by molar-refractivity contribution is 0.0924. The Labute approximate surface area is 135 Å². The minimum atomic E-state index is -0.237. The summed E-state index contributed by atoms with van der Waals surface area (Å²) in [6.45, 7) is 3.98. The van der Waals surface area contributed by atoms with Gasteiger partial charge in [0.1, 0.15) is 5.76 Å². The average Bonchev–Trinajstić information content (AvgIpc) is 3.06. The molecule has 22 heavy (non-hydrogen) atoms. The molecule has 1 aromatic carbocycles. The first-order chi connectivity index (χ1) is 10.1. The molecule has 0 fully saturated rings. The molecule has 1 aromatic heterocycles. The summed E-state index contributed by atoms with van der Waals surface area (Å²) in [6.07, 6.45) is 0.748. The first-order valence-corrected chi connectivity index (χ1v) is 7.17. The summed E-state index contributed by atoms with van der Waals surface area (Å²) in [5, 5.41) is 6.78. The number of carbonyl (C=O) groups excluding carboxylic acids is 1. The number of aromatic nitrogens is 1. The predicted octanol–water partition coefficient (Wildman–Crippen LogP) is 2.57. The van der Waals surface area contributed by atoms with Crippen molar-refractivity contribution in [1.29, 1.82) is 0 Å². The Morgan fingerprint density at radius 2 is 2.14 bits per heavy atom.